The van der Waals surface area contributed by atoms with E-state index in [1.807, 2.05) is 0 Å². The highest BCUT2D eigenvalue weighted by atomic mass is 15.1. The zero-order valence-electron chi connectivity index (χ0n) is 20.7. The van der Waals surface area contributed by atoms with Gasteiger partial charge in [-0.1, -0.05) is 74.6 Å². The van der Waals surface area contributed by atoms with Gasteiger partial charge >= 0.3 is 0 Å². The van der Waals surface area contributed by atoms with Crippen LogP contribution < -0.4 is 10.6 Å². The molecular formula is C33H31N3. The minimum atomic E-state index is 0.000847. The van der Waals surface area contributed by atoms with Crippen molar-refractivity contribution in [2.24, 2.45) is 5.73 Å². The summed E-state index contributed by atoms with van der Waals surface area (Å²) in [4.78, 5) is 2.25. The number of nitrogens with two attached hydrogens (primary N) is 1. The second kappa shape index (κ2) is 9.18. The molecule has 1 aromatic heterocycles. The van der Waals surface area contributed by atoms with Crippen LogP contribution in [-0.2, 0) is 6.54 Å². The number of hydrogen-bond acceptors (Lipinski definition) is 2. The van der Waals surface area contributed by atoms with Gasteiger partial charge in [0.25, 0.3) is 0 Å². The Morgan fingerprint density at radius 1 is 1.03 bits per heavy atom. The minimum Gasteiger partial charge on any atom is -0.338 e. The molecule has 2 aliphatic heterocycles. The Bertz CT molecular complexity index is 1600. The Morgan fingerprint density at radius 2 is 1.89 bits per heavy atom. The number of unbranched alkanes of at least 4 members (excludes halogenated alkanes) is 1. The highest BCUT2D eigenvalue weighted by Crippen LogP contribution is 2.44. The number of benzene rings is 3. The maximum absolute atomic E-state index is 6.66. The van der Waals surface area contributed by atoms with Crippen LogP contribution in [0.2, 0.25) is 0 Å². The lowest BCUT2D eigenvalue weighted by Crippen LogP contribution is -2.13. The van der Waals surface area contributed by atoms with Crippen molar-refractivity contribution in [2.45, 2.75) is 32.4 Å². The van der Waals surface area contributed by atoms with Crippen LogP contribution in [0.25, 0.3) is 33.5 Å². The van der Waals surface area contributed by atoms with Crippen molar-refractivity contribution in [3.63, 3.8) is 0 Å². The predicted octanol–water partition coefficient (Wildman–Crippen LogP) is 8.41. The van der Waals surface area contributed by atoms with Crippen molar-refractivity contribution in [3.05, 3.63) is 121 Å². The molecule has 0 fully saturated rings. The van der Waals surface area contributed by atoms with Gasteiger partial charge in [-0.25, -0.2) is 0 Å². The van der Waals surface area contributed by atoms with E-state index in [0.29, 0.717) is 0 Å². The van der Waals surface area contributed by atoms with Crippen molar-refractivity contribution in [2.75, 3.05) is 4.90 Å². The van der Waals surface area contributed by atoms with Gasteiger partial charge in [0.2, 0.25) is 0 Å². The normalized spacial score (nSPS) is 18.9. The predicted molar refractivity (Wildman–Crippen MR) is 155 cm³/mol. The van der Waals surface area contributed by atoms with Gasteiger partial charge in [0.05, 0.1) is 16.7 Å². The van der Waals surface area contributed by atoms with Crippen molar-refractivity contribution in [1.29, 1.82) is 0 Å². The topological polar surface area (TPSA) is 34.2 Å². The molecule has 0 radical (unpaired) electrons. The Hall–Kier alpha value is -4.08. The molecule has 36 heavy (non-hydrogen) atoms. The number of rotatable bonds is 5. The van der Waals surface area contributed by atoms with E-state index in [2.05, 4.69) is 126 Å². The minimum absolute atomic E-state index is 0.000847. The summed E-state index contributed by atoms with van der Waals surface area (Å²) in [5.74, 6) is 0. The van der Waals surface area contributed by atoms with Crippen LogP contribution in [0.15, 0.2) is 104 Å². The van der Waals surface area contributed by atoms with Crippen LogP contribution in [0.4, 0.5) is 11.4 Å². The fraction of sp³-hybridized carbons (Fsp3) is 0.152. The summed E-state index contributed by atoms with van der Waals surface area (Å²) >= 11 is 0. The standard InChI is InChI=1S/C33H31N3/c1-3-4-5-6-8-14-24-18-28-27-20-26-23(2)13-11-12-17-35(25-15-9-7-10-16-25)31(26)21-32(27)36-22-30(34)29(19-24)33(28)36/h5-21,30H,2-4,22,34H2,1H3/b6-5-,13-11-,14-8?,17-12-. The number of allylic oxidation sites excluding steroid dienone is 7. The zero-order valence-corrected chi connectivity index (χ0v) is 20.7. The number of fused-ring (bicyclic) bond motifs is 4. The highest BCUT2D eigenvalue weighted by Gasteiger charge is 2.27. The zero-order chi connectivity index (χ0) is 24.6. The molecule has 3 aromatic carbocycles. The molecule has 2 N–H and O–H groups in total. The van der Waals surface area contributed by atoms with E-state index in [-0.39, 0.29) is 6.04 Å². The molecule has 178 valence electrons. The Morgan fingerprint density at radius 3 is 2.72 bits per heavy atom. The first-order chi connectivity index (χ1) is 17.7. The van der Waals surface area contributed by atoms with Crippen LogP contribution in [0, 0.1) is 0 Å². The van der Waals surface area contributed by atoms with Gasteiger partial charge in [-0.3, -0.25) is 0 Å². The summed E-state index contributed by atoms with van der Waals surface area (Å²) in [6.45, 7) is 7.40. The first kappa shape index (κ1) is 22.4. The largest absolute Gasteiger partial charge is 0.338 e. The van der Waals surface area contributed by atoms with Gasteiger partial charge in [0, 0.05) is 40.8 Å². The van der Waals surface area contributed by atoms with Crippen molar-refractivity contribution >= 4 is 44.8 Å². The van der Waals surface area contributed by atoms with Gasteiger partial charge in [-0.15, -0.1) is 0 Å². The third-order valence-electron chi connectivity index (χ3n) is 7.18. The summed E-state index contributed by atoms with van der Waals surface area (Å²) in [5.41, 5.74) is 15.9. The smallest absolute Gasteiger partial charge is 0.0554 e. The third kappa shape index (κ3) is 3.73. The quantitative estimate of drug-likeness (QED) is 0.298. The van der Waals surface area contributed by atoms with E-state index in [4.69, 9.17) is 5.73 Å². The Balaban J connectivity index is 1.58. The molecule has 1 atom stereocenters. The second-order valence-corrected chi connectivity index (χ2v) is 9.62. The van der Waals surface area contributed by atoms with E-state index < -0.39 is 0 Å². The van der Waals surface area contributed by atoms with E-state index in [1.54, 1.807) is 0 Å². The molecule has 0 aliphatic carbocycles. The van der Waals surface area contributed by atoms with Gasteiger partial charge in [-0.2, -0.15) is 0 Å². The van der Waals surface area contributed by atoms with Crippen molar-refractivity contribution < 1.29 is 0 Å². The van der Waals surface area contributed by atoms with Crippen molar-refractivity contribution in [1.82, 2.24) is 4.57 Å². The van der Waals surface area contributed by atoms with E-state index in [0.717, 1.165) is 41.9 Å². The van der Waals surface area contributed by atoms with Gasteiger partial charge < -0.3 is 15.2 Å². The van der Waals surface area contributed by atoms with Crippen LogP contribution in [-0.4, -0.2) is 4.57 Å². The first-order valence-corrected chi connectivity index (χ1v) is 12.8. The average Bonchev–Trinajstić information content (AvgIpc) is 3.38. The lowest BCUT2D eigenvalue weighted by Gasteiger charge is -2.25. The van der Waals surface area contributed by atoms with Crippen molar-refractivity contribution in [3.8, 4) is 0 Å². The van der Waals surface area contributed by atoms with E-state index in [9.17, 15) is 0 Å². The average molecular weight is 470 g/mol. The molecule has 3 nitrogen and oxygen atoms in total. The molecule has 2 aliphatic rings. The molecule has 0 bridgehead atoms. The lowest BCUT2D eigenvalue weighted by atomic mass is 9.96. The van der Waals surface area contributed by atoms with Gasteiger partial charge in [0.1, 0.15) is 0 Å². The third-order valence-corrected chi connectivity index (χ3v) is 7.18. The molecule has 4 aromatic rings. The molecular weight excluding hydrogens is 438 g/mol. The number of para-hydroxylation sites is 1. The molecule has 0 spiro atoms. The number of aromatic nitrogens is 1. The molecule has 3 heterocycles. The number of anilines is 2. The number of nitrogens with zero attached hydrogens (tertiary/aromatic N) is 2. The van der Waals surface area contributed by atoms with E-state index in [1.165, 1.54) is 32.9 Å². The van der Waals surface area contributed by atoms with Gasteiger partial charge in [0.15, 0.2) is 0 Å². The fourth-order valence-electron chi connectivity index (χ4n) is 5.44. The fourth-order valence-corrected chi connectivity index (χ4v) is 5.44. The second-order valence-electron chi connectivity index (χ2n) is 9.62. The summed E-state index contributed by atoms with van der Waals surface area (Å²) in [6, 6.07) is 19.7. The Labute approximate surface area is 212 Å². The van der Waals surface area contributed by atoms with Crippen LogP contribution >= 0.6 is 0 Å². The lowest BCUT2D eigenvalue weighted by molar-refractivity contribution is 0.647. The highest BCUT2D eigenvalue weighted by molar-refractivity contribution is 6.13. The Kier molecular flexibility index (Phi) is 5.71. The molecule has 0 saturated heterocycles. The summed E-state index contributed by atoms with van der Waals surface area (Å²) in [5, 5.41) is 2.51. The molecule has 0 amide bonds. The maximum Gasteiger partial charge on any atom is 0.0554 e. The SMILES string of the molecule is C=C1/C=C\C=C/N(c2ccccc2)c2cc3c(cc21)c1cc(C=C/C=C\CCC)cc2c1n3CC2N. The monoisotopic (exact) mass is 469 g/mol. The summed E-state index contributed by atoms with van der Waals surface area (Å²) < 4.78 is 2.41. The molecule has 1 unspecified atom stereocenters. The van der Waals surface area contributed by atoms with Gasteiger partial charge in [-0.05, 0) is 65.6 Å². The van der Waals surface area contributed by atoms with Crippen LogP contribution in [0.5, 0.6) is 0 Å². The van der Waals surface area contributed by atoms with Crippen LogP contribution in [0.3, 0.4) is 0 Å². The summed E-state index contributed by atoms with van der Waals surface area (Å²) in [7, 11) is 0. The maximum atomic E-state index is 6.66. The summed E-state index contributed by atoms with van der Waals surface area (Å²) in [6.07, 6.45) is 19.3. The number of hydrogen-bond donors (Lipinski definition) is 1. The van der Waals surface area contributed by atoms with Crippen LogP contribution in [0.1, 0.15) is 42.5 Å². The van der Waals surface area contributed by atoms with E-state index >= 15 is 0 Å². The molecule has 0 saturated carbocycles. The first-order valence-electron chi connectivity index (χ1n) is 12.8. The molecule has 3 heteroatoms. The molecule has 6 rings (SSSR count).